The molecule has 0 saturated carbocycles. The summed E-state index contributed by atoms with van der Waals surface area (Å²) in [5.74, 6) is -1.52. The molecular weight excluding hydrogens is 927 g/mol. The molecule has 0 unspecified atom stereocenters. The van der Waals surface area contributed by atoms with Crippen LogP contribution in [0.25, 0.3) is 0 Å². The van der Waals surface area contributed by atoms with E-state index in [4.69, 9.17) is 14.2 Å². The minimum absolute atomic E-state index is 0.0172. The summed E-state index contributed by atoms with van der Waals surface area (Å²) >= 11 is 0. The summed E-state index contributed by atoms with van der Waals surface area (Å²) in [6.07, 6.45) is 0.0726. The van der Waals surface area contributed by atoms with E-state index in [9.17, 15) is 14.4 Å². The van der Waals surface area contributed by atoms with Gasteiger partial charge in [0.2, 0.25) is 35.4 Å². The molecule has 0 spiro atoms. The zero-order chi connectivity index (χ0) is 52.3. The molecule has 16 nitrogen and oxygen atoms in total. The number of hydrogen-bond acceptors (Lipinski definition) is 10. The number of nitrogens with one attached hydrogen (secondary N) is 2. The van der Waals surface area contributed by atoms with E-state index in [-0.39, 0.29) is 25.8 Å². The molecule has 8 rings (SSSR count). The second-order valence-corrected chi connectivity index (χ2v) is 18.9. The zero-order valence-electron chi connectivity index (χ0n) is 42.9. The van der Waals surface area contributed by atoms with E-state index < -0.39 is 71.7 Å². The van der Waals surface area contributed by atoms with Gasteiger partial charge in [-0.15, -0.1) is 0 Å². The Morgan fingerprint density at radius 1 is 0.575 bits per heavy atom. The van der Waals surface area contributed by atoms with E-state index in [2.05, 4.69) is 15.5 Å². The van der Waals surface area contributed by atoms with Gasteiger partial charge in [-0.1, -0.05) is 91.0 Å². The van der Waals surface area contributed by atoms with Crippen molar-refractivity contribution in [3.05, 3.63) is 155 Å². The Kier molecular flexibility index (Phi) is 17.5. The van der Waals surface area contributed by atoms with Gasteiger partial charge in [0, 0.05) is 66.6 Å². The number of hydrogen-bond donors (Lipinski definition) is 2. The fourth-order valence-electron chi connectivity index (χ4n) is 9.44. The first-order chi connectivity index (χ1) is 35.0. The molecule has 0 radical (unpaired) electrons. The van der Waals surface area contributed by atoms with Crippen LogP contribution in [0.15, 0.2) is 127 Å². The highest BCUT2D eigenvalue weighted by molar-refractivity contribution is 5.98. The van der Waals surface area contributed by atoms with Gasteiger partial charge in [0.1, 0.15) is 47.8 Å². The lowest BCUT2D eigenvalue weighted by molar-refractivity contribution is -0.152. The van der Waals surface area contributed by atoms with E-state index in [0.717, 1.165) is 11.1 Å². The minimum atomic E-state index is -1.21. The Morgan fingerprint density at radius 2 is 1.14 bits per heavy atom. The maximum absolute atomic E-state index is 15.2. The first-order valence-electron chi connectivity index (χ1n) is 24.6. The van der Waals surface area contributed by atoms with Gasteiger partial charge in [-0.05, 0) is 85.0 Å². The van der Waals surface area contributed by atoms with Gasteiger partial charge in [0.25, 0.3) is 0 Å². The summed E-state index contributed by atoms with van der Waals surface area (Å²) in [7, 11) is 7.59. The van der Waals surface area contributed by atoms with E-state index in [1.54, 1.807) is 87.7 Å². The molecule has 0 aromatic heterocycles. The minimum Gasteiger partial charge on any atom is -0.497 e. The van der Waals surface area contributed by atoms with Crippen LogP contribution in [0, 0.1) is 0 Å². The van der Waals surface area contributed by atoms with Crippen LogP contribution in [-0.4, -0.2) is 145 Å². The molecule has 0 aliphatic carbocycles. The Morgan fingerprint density at radius 3 is 1.74 bits per heavy atom. The number of benzene rings is 5. The molecule has 6 bridgehead atoms. The summed E-state index contributed by atoms with van der Waals surface area (Å²) < 4.78 is 17.3. The molecule has 5 aromatic rings. The number of amides is 6. The number of fused-ring (bicyclic) bond motifs is 2. The lowest BCUT2D eigenvalue weighted by Gasteiger charge is -2.38. The van der Waals surface area contributed by atoms with E-state index in [0.29, 0.717) is 59.3 Å². The molecule has 5 aromatic carbocycles. The van der Waals surface area contributed by atoms with Crippen LogP contribution in [0.4, 0.5) is 0 Å². The maximum atomic E-state index is 15.2. The van der Waals surface area contributed by atoms with Gasteiger partial charge in [-0.2, -0.15) is 0 Å². The highest BCUT2D eigenvalue weighted by atomic mass is 16.5. The Bertz CT molecular complexity index is 2680. The van der Waals surface area contributed by atoms with Crippen molar-refractivity contribution in [2.24, 2.45) is 0 Å². The molecular formula is C57H67N7O9. The van der Waals surface area contributed by atoms with Crippen LogP contribution in [0.5, 0.6) is 23.0 Å². The number of rotatable bonds is 11. The third-order valence-corrected chi connectivity index (χ3v) is 13.9. The SMILES string of the molecule is COc1ccc(C[C@H]2C(=O)N[C@@H](C)C(=O)N(C)[C@H]3Cc4ccc(cc4)Oc4cc(ccc4OC)C[C@@H](C(=O)N[C@H](C)C(=O)N(CCN(Cc4ccccc4)Cc4ccccc4)[C@@H](C)C(=O)N2C)N(C)C3=O)cc1. The van der Waals surface area contributed by atoms with Crippen molar-refractivity contribution < 1.29 is 43.0 Å². The molecule has 6 atom stereocenters. The van der Waals surface area contributed by atoms with Crippen molar-refractivity contribution in [2.45, 2.75) is 89.4 Å². The molecule has 16 heteroatoms. The molecule has 2 N–H and O–H groups in total. The van der Waals surface area contributed by atoms with E-state index in [1.165, 1.54) is 54.8 Å². The fraction of sp³-hybridized carbons (Fsp3) is 0.368. The lowest BCUT2D eigenvalue weighted by atomic mass is 9.98. The summed E-state index contributed by atoms with van der Waals surface area (Å²) in [4.78, 5) is 97.2. The van der Waals surface area contributed by atoms with Crippen LogP contribution in [0.3, 0.4) is 0 Å². The lowest BCUT2D eigenvalue weighted by Crippen LogP contribution is -2.62. The first kappa shape index (κ1) is 53.1. The maximum Gasteiger partial charge on any atom is 0.246 e. The summed E-state index contributed by atoms with van der Waals surface area (Å²) in [6, 6.07) is 32.3. The molecule has 3 heterocycles. The van der Waals surface area contributed by atoms with Crippen LogP contribution in [-0.2, 0) is 61.1 Å². The third-order valence-electron chi connectivity index (χ3n) is 13.9. The standard InChI is InChI=1S/C57H67N7O9/c1-37-54(67)62(6)49-32-41-21-26-46(27-22-41)73-51-34-44(23-28-50(51)72-8)33-48(61(5)57(49)70)53(66)59-38(2)55(68)64(30-29-63(35-42-15-11-9-12-16-42)36-43-17-13-10-14-18-43)39(3)56(69)60(4)47(52(65)58-37)31-40-19-24-45(71-7)25-20-40/h9-28,34,37-39,47-49H,29-33,35-36H2,1-8H3,(H,58,65)(H,59,66)/t37-,38+,39-,47-,48-,49-/m0/s1. The van der Waals surface area contributed by atoms with Crippen molar-refractivity contribution in [2.75, 3.05) is 48.5 Å². The number of carbonyl (C=O) groups excluding carboxylic acids is 6. The Labute approximate surface area is 428 Å². The van der Waals surface area contributed by atoms with Crippen molar-refractivity contribution in [1.82, 2.24) is 35.1 Å². The van der Waals surface area contributed by atoms with Crippen molar-refractivity contribution in [3.63, 3.8) is 0 Å². The van der Waals surface area contributed by atoms with Gasteiger partial charge in [0.05, 0.1) is 14.2 Å². The number of ether oxygens (including phenoxy) is 3. The highest BCUT2D eigenvalue weighted by Crippen LogP contribution is 2.34. The number of likely N-dealkylation sites (N-methyl/N-ethyl adjacent to an activating group) is 3. The highest BCUT2D eigenvalue weighted by Gasteiger charge is 2.41. The van der Waals surface area contributed by atoms with Gasteiger partial charge < -0.3 is 44.4 Å². The number of methoxy groups -OCH3 is 2. The van der Waals surface area contributed by atoms with Gasteiger partial charge in [-0.3, -0.25) is 33.7 Å². The fourth-order valence-corrected chi connectivity index (χ4v) is 9.44. The average Bonchev–Trinajstić information content (AvgIpc) is 3.40. The zero-order valence-corrected chi connectivity index (χ0v) is 42.9. The molecule has 3 aliphatic rings. The van der Waals surface area contributed by atoms with Gasteiger partial charge in [-0.25, -0.2) is 0 Å². The monoisotopic (exact) mass is 994 g/mol. The largest absolute Gasteiger partial charge is 0.497 e. The Hall–Kier alpha value is -7.72. The summed E-state index contributed by atoms with van der Waals surface area (Å²) in [5.41, 5.74) is 4.12. The van der Waals surface area contributed by atoms with Crippen LogP contribution < -0.4 is 24.8 Å². The molecule has 73 heavy (non-hydrogen) atoms. The average molecular weight is 994 g/mol. The van der Waals surface area contributed by atoms with Crippen molar-refractivity contribution in [3.8, 4) is 23.0 Å². The van der Waals surface area contributed by atoms with E-state index in [1.807, 2.05) is 60.7 Å². The van der Waals surface area contributed by atoms with Crippen molar-refractivity contribution >= 4 is 35.4 Å². The number of nitrogens with zero attached hydrogens (tertiary/aromatic N) is 5. The van der Waals surface area contributed by atoms with Gasteiger partial charge in [0.15, 0.2) is 11.5 Å². The summed E-state index contributed by atoms with van der Waals surface area (Å²) in [5, 5.41) is 5.79. The molecule has 1 fully saturated rings. The third kappa shape index (κ3) is 13.0. The van der Waals surface area contributed by atoms with Gasteiger partial charge >= 0.3 is 0 Å². The smallest absolute Gasteiger partial charge is 0.246 e. The molecule has 3 aliphatic heterocycles. The van der Waals surface area contributed by atoms with E-state index >= 15 is 14.4 Å². The topological polar surface area (TPSA) is 170 Å². The second kappa shape index (κ2) is 24.1. The van der Waals surface area contributed by atoms with Crippen LogP contribution in [0.1, 0.15) is 48.6 Å². The predicted molar refractivity (Wildman–Crippen MR) is 277 cm³/mol. The molecule has 6 amide bonds. The van der Waals surface area contributed by atoms with Crippen molar-refractivity contribution in [1.29, 1.82) is 0 Å². The molecule has 384 valence electrons. The first-order valence-corrected chi connectivity index (χ1v) is 24.6. The Balaban J connectivity index is 1.31. The number of carbonyl (C=O) groups is 6. The normalized spacial score (nSPS) is 21.5. The summed E-state index contributed by atoms with van der Waals surface area (Å²) in [6.45, 7) is 6.17. The van der Waals surface area contributed by atoms with Crippen LogP contribution in [0.2, 0.25) is 0 Å². The van der Waals surface area contributed by atoms with Crippen LogP contribution >= 0.6 is 0 Å². The second-order valence-electron chi connectivity index (χ2n) is 18.9. The predicted octanol–water partition coefficient (Wildman–Crippen LogP) is 5.26. The quantitative estimate of drug-likeness (QED) is 0.178. The molecule has 1 saturated heterocycles.